The first-order valence-corrected chi connectivity index (χ1v) is 11.3. The Balaban J connectivity index is 1.79. The third-order valence-corrected chi connectivity index (χ3v) is 5.79. The number of carbonyl (C=O) groups excluding carboxylic acids is 2. The molecule has 0 atom stereocenters. The number of benzene rings is 2. The Labute approximate surface area is 198 Å². The van der Waals surface area contributed by atoms with E-state index in [0.29, 0.717) is 17.3 Å². The maximum Gasteiger partial charge on any atom is 0.343 e. The van der Waals surface area contributed by atoms with Crippen LogP contribution >= 0.6 is 0 Å². The summed E-state index contributed by atoms with van der Waals surface area (Å²) < 4.78 is 6.67. The minimum absolute atomic E-state index is 0.165. The van der Waals surface area contributed by atoms with E-state index in [1.807, 2.05) is 50.2 Å². The minimum Gasteiger partial charge on any atom is -0.462 e. The maximum atomic E-state index is 13.1. The molecule has 1 N–H and O–H groups in total. The van der Waals surface area contributed by atoms with Crippen LogP contribution < -0.4 is 5.32 Å². The van der Waals surface area contributed by atoms with Gasteiger partial charge in [-0.05, 0) is 61.6 Å². The zero-order chi connectivity index (χ0) is 24.4. The molecule has 2 heterocycles. The van der Waals surface area contributed by atoms with Gasteiger partial charge >= 0.3 is 5.97 Å². The number of nitrogens with zero attached hydrogens (tertiary/aromatic N) is 3. The number of pyridine rings is 1. The Morgan fingerprint density at radius 3 is 2.47 bits per heavy atom. The molecule has 0 unspecified atom stereocenters. The van der Waals surface area contributed by atoms with Gasteiger partial charge in [0, 0.05) is 10.9 Å². The molecular weight excluding hydrogens is 428 g/mol. The number of rotatable bonds is 6. The van der Waals surface area contributed by atoms with Crippen LogP contribution in [0.4, 0.5) is 5.82 Å². The van der Waals surface area contributed by atoms with Crippen LogP contribution in [0.15, 0.2) is 54.7 Å². The molecule has 4 rings (SSSR count). The maximum absolute atomic E-state index is 13.1. The lowest BCUT2D eigenvalue weighted by Gasteiger charge is -2.13. The predicted octanol–water partition coefficient (Wildman–Crippen LogP) is 5.59. The number of hydrogen-bond donors (Lipinski definition) is 1. The highest BCUT2D eigenvalue weighted by Gasteiger charge is 2.23. The third kappa shape index (κ3) is 4.41. The van der Waals surface area contributed by atoms with Crippen LogP contribution in [0.25, 0.3) is 16.7 Å². The normalized spacial score (nSPS) is 11.1. The van der Waals surface area contributed by atoms with Gasteiger partial charge in [-0.3, -0.25) is 4.79 Å². The van der Waals surface area contributed by atoms with Crippen LogP contribution in [0.5, 0.6) is 0 Å². The number of aromatic nitrogens is 3. The number of amides is 1. The summed E-state index contributed by atoms with van der Waals surface area (Å²) in [6, 6.07) is 15.3. The van der Waals surface area contributed by atoms with E-state index in [1.54, 1.807) is 19.1 Å². The molecule has 0 fully saturated rings. The summed E-state index contributed by atoms with van der Waals surface area (Å²) >= 11 is 0. The van der Waals surface area contributed by atoms with Gasteiger partial charge in [-0.1, -0.05) is 44.2 Å². The van der Waals surface area contributed by atoms with Crippen molar-refractivity contribution in [3.8, 4) is 5.82 Å². The number of hydrogen-bond acceptors (Lipinski definition) is 5. The molecule has 0 saturated heterocycles. The number of esters is 1. The first-order chi connectivity index (χ1) is 16.3. The number of anilines is 1. The van der Waals surface area contributed by atoms with Crippen molar-refractivity contribution < 1.29 is 14.3 Å². The van der Waals surface area contributed by atoms with Gasteiger partial charge in [-0.25, -0.2) is 9.78 Å². The summed E-state index contributed by atoms with van der Waals surface area (Å²) in [5.41, 5.74) is 4.66. The monoisotopic (exact) mass is 456 g/mol. The Morgan fingerprint density at radius 2 is 1.79 bits per heavy atom. The van der Waals surface area contributed by atoms with Crippen molar-refractivity contribution in [1.29, 1.82) is 0 Å². The molecule has 174 valence electrons. The van der Waals surface area contributed by atoms with Gasteiger partial charge in [-0.2, -0.15) is 9.78 Å². The Morgan fingerprint density at radius 1 is 1.06 bits per heavy atom. The highest BCUT2D eigenvalue weighted by Crippen LogP contribution is 2.26. The van der Waals surface area contributed by atoms with Crippen molar-refractivity contribution in [3.63, 3.8) is 0 Å². The van der Waals surface area contributed by atoms with E-state index in [1.165, 1.54) is 10.9 Å². The van der Waals surface area contributed by atoms with Gasteiger partial charge in [0.15, 0.2) is 11.6 Å². The van der Waals surface area contributed by atoms with Crippen molar-refractivity contribution >= 4 is 28.6 Å². The van der Waals surface area contributed by atoms with Crippen LogP contribution in [-0.4, -0.2) is 33.2 Å². The number of aryl methyl sites for hydroxylation is 2. The molecule has 7 nitrogen and oxygen atoms in total. The fourth-order valence-corrected chi connectivity index (χ4v) is 3.85. The molecule has 0 aliphatic rings. The molecule has 0 bridgehead atoms. The molecule has 4 aromatic rings. The van der Waals surface area contributed by atoms with E-state index in [9.17, 15) is 9.59 Å². The molecule has 1 amide bonds. The van der Waals surface area contributed by atoms with Gasteiger partial charge < -0.3 is 10.1 Å². The van der Waals surface area contributed by atoms with Crippen molar-refractivity contribution in [2.75, 3.05) is 11.9 Å². The van der Waals surface area contributed by atoms with Gasteiger partial charge in [0.25, 0.3) is 5.91 Å². The van der Waals surface area contributed by atoms with Crippen LogP contribution in [0.3, 0.4) is 0 Å². The Hall–Kier alpha value is -4.00. The van der Waals surface area contributed by atoms with Gasteiger partial charge in [0.1, 0.15) is 5.56 Å². The van der Waals surface area contributed by atoms with Crippen molar-refractivity contribution in [2.24, 2.45) is 0 Å². The molecule has 2 aromatic carbocycles. The van der Waals surface area contributed by atoms with E-state index in [-0.39, 0.29) is 23.9 Å². The van der Waals surface area contributed by atoms with Gasteiger partial charge in [0.2, 0.25) is 0 Å². The standard InChI is InChI=1S/C27H28N4O3/c1-6-34-27(33)22-15-28-31(23-14-18(5)21-9-7-8-17(4)24(21)29-23)25(22)30-26(32)20-12-10-19(11-13-20)16(2)3/h7-16H,6H2,1-5H3,(H,30,32). The third-order valence-electron chi connectivity index (χ3n) is 5.79. The SMILES string of the molecule is CCOC(=O)c1cnn(-c2cc(C)c3cccc(C)c3n2)c1NC(=O)c1ccc(C(C)C)cc1. The first kappa shape index (κ1) is 23.2. The average molecular weight is 457 g/mol. The van der Waals surface area contributed by atoms with Crippen molar-refractivity contribution in [3.05, 3.63) is 82.5 Å². The first-order valence-electron chi connectivity index (χ1n) is 11.3. The van der Waals surface area contributed by atoms with E-state index >= 15 is 0 Å². The molecule has 7 heteroatoms. The van der Waals surface area contributed by atoms with Crippen molar-refractivity contribution in [2.45, 2.75) is 40.5 Å². The summed E-state index contributed by atoms with van der Waals surface area (Å²) in [6.07, 6.45) is 1.40. The smallest absolute Gasteiger partial charge is 0.343 e. The number of ether oxygens (including phenoxy) is 1. The number of fused-ring (bicyclic) bond motifs is 1. The highest BCUT2D eigenvalue weighted by atomic mass is 16.5. The second-order valence-corrected chi connectivity index (χ2v) is 8.54. The lowest BCUT2D eigenvalue weighted by Crippen LogP contribution is -2.18. The Kier molecular flexibility index (Phi) is 6.45. The summed E-state index contributed by atoms with van der Waals surface area (Å²) in [4.78, 5) is 30.5. The summed E-state index contributed by atoms with van der Waals surface area (Å²) in [6.45, 7) is 10.1. The fraction of sp³-hybridized carbons (Fsp3) is 0.259. The largest absolute Gasteiger partial charge is 0.462 e. The average Bonchev–Trinajstić information content (AvgIpc) is 3.23. The fourth-order valence-electron chi connectivity index (χ4n) is 3.85. The second-order valence-electron chi connectivity index (χ2n) is 8.54. The van der Waals surface area contributed by atoms with E-state index in [2.05, 4.69) is 24.3 Å². The molecule has 2 aromatic heterocycles. The molecular formula is C27H28N4O3. The summed E-state index contributed by atoms with van der Waals surface area (Å²) in [5.74, 6) is 0.167. The lowest BCUT2D eigenvalue weighted by atomic mass is 10.0. The predicted molar refractivity (Wildman–Crippen MR) is 133 cm³/mol. The molecule has 0 radical (unpaired) electrons. The van der Waals surface area contributed by atoms with Crippen molar-refractivity contribution in [1.82, 2.24) is 14.8 Å². The quantitative estimate of drug-likeness (QED) is 0.382. The highest BCUT2D eigenvalue weighted by molar-refractivity contribution is 6.07. The molecule has 0 spiro atoms. The zero-order valence-corrected chi connectivity index (χ0v) is 20.0. The van der Waals surface area contributed by atoms with Gasteiger partial charge in [0.05, 0.1) is 18.3 Å². The van der Waals surface area contributed by atoms with Crippen LogP contribution in [0.2, 0.25) is 0 Å². The second kappa shape index (κ2) is 9.47. The number of para-hydroxylation sites is 1. The summed E-state index contributed by atoms with van der Waals surface area (Å²) in [5, 5.41) is 8.29. The molecule has 0 aliphatic heterocycles. The van der Waals surface area contributed by atoms with E-state index < -0.39 is 5.97 Å². The topological polar surface area (TPSA) is 86.1 Å². The summed E-state index contributed by atoms with van der Waals surface area (Å²) in [7, 11) is 0. The molecule has 34 heavy (non-hydrogen) atoms. The van der Waals surface area contributed by atoms with Gasteiger partial charge in [-0.15, -0.1) is 0 Å². The van der Waals surface area contributed by atoms with Crippen LogP contribution in [0.1, 0.15) is 64.1 Å². The number of nitrogens with one attached hydrogen (secondary N) is 1. The zero-order valence-electron chi connectivity index (χ0n) is 20.0. The molecule has 0 aliphatic carbocycles. The van der Waals surface area contributed by atoms with E-state index in [0.717, 1.165) is 27.6 Å². The lowest BCUT2D eigenvalue weighted by molar-refractivity contribution is 0.0527. The minimum atomic E-state index is -0.562. The van der Waals surface area contributed by atoms with Crippen LogP contribution in [-0.2, 0) is 4.74 Å². The van der Waals surface area contributed by atoms with Crippen LogP contribution in [0, 0.1) is 13.8 Å². The Bertz CT molecular complexity index is 1370. The number of carbonyl (C=O) groups is 2. The van der Waals surface area contributed by atoms with E-state index in [4.69, 9.17) is 9.72 Å². The molecule has 0 saturated carbocycles.